The molecule has 3 heterocycles. The van der Waals surface area contributed by atoms with E-state index in [1.165, 1.54) is 0 Å². The summed E-state index contributed by atoms with van der Waals surface area (Å²) in [6.45, 7) is 3.78. The molecule has 1 saturated carbocycles. The van der Waals surface area contributed by atoms with Crippen molar-refractivity contribution in [2.24, 2.45) is 5.92 Å². The largest absolute Gasteiger partial charge is 0.489 e. The summed E-state index contributed by atoms with van der Waals surface area (Å²) in [4.78, 5) is 22.3. The molecule has 0 spiro atoms. The van der Waals surface area contributed by atoms with Crippen LogP contribution in [0.2, 0.25) is 10.0 Å². The van der Waals surface area contributed by atoms with Gasteiger partial charge in [-0.3, -0.25) is 4.79 Å². The summed E-state index contributed by atoms with van der Waals surface area (Å²) in [5, 5.41) is 15.6. The molecule has 3 fully saturated rings. The van der Waals surface area contributed by atoms with E-state index in [0.717, 1.165) is 51.0 Å². The maximum atomic E-state index is 13.6. The summed E-state index contributed by atoms with van der Waals surface area (Å²) in [6, 6.07) is 16.0. The van der Waals surface area contributed by atoms with Crippen LogP contribution in [0.15, 0.2) is 60.8 Å². The molecular formula is C32H36Cl2N4O4. The van der Waals surface area contributed by atoms with E-state index in [0.29, 0.717) is 52.5 Å². The highest BCUT2D eigenvalue weighted by Crippen LogP contribution is 2.36. The Hall–Kier alpha value is -3.04. The second-order valence-electron chi connectivity index (χ2n) is 11.4. The van der Waals surface area contributed by atoms with Crippen LogP contribution in [0.1, 0.15) is 43.8 Å². The predicted molar refractivity (Wildman–Crippen MR) is 164 cm³/mol. The Morgan fingerprint density at radius 3 is 2.57 bits per heavy atom. The number of ether oxygens (including phenoxy) is 2. The fourth-order valence-electron chi connectivity index (χ4n) is 5.66. The Bertz CT molecular complexity index is 1380. The van der Waals surface area contributed by atoms with E-state index in [-0.39, 0.29) is 17.9 Å². The Morgan fingerprint density at radius 1 is 1.00 bits per heavy atom. The van der Waals surface area contributed by atoms with Gasteiger partial charge in [0.1, 0.15) is 17.6 Å². The Balaban J connectivity index is 1.12. The average molecular weight is 612 g/mol. The summed E-state index contributed by atoms with van der Waals surface area (Å²) >= 11 is 12.9. The molecule has 2 saturated heterocycles. The highest BCUT2D eigenvalue weighted by atomic mass is 35.5. The van der Waals surface area contributed by atoms with Gasteiger partial charge in [-0.05, 0) is 81.1 Å². The zero-order valence-electron chi connectivity index (χ0n) is 23.4. The van der Waals surface area contributed by atoms with Gasteiger partial charge < -0.3 is 29.7 Å². The van der Waals surface area contributed by atoms with E-state index in [2.05, 4.69) is 20.1 Å². The number of anilines is 1. The maximum absolute atomic E-state index is 13.6. The molecule has 2 aromatic carbocycles. The average Bonchev–Trinajstić information content (AvgIpc) is 3.42. The highest BCUT2D eigenvalue weighted by molar-refractivity contribution is 6.32. The Morgan fingerprint density at radius 2 is 1.83 bits per heavy atom. The smallest absolute Gasteiger partial charge is 0.225 e. The van der Waals surface area contributed by atoms with Crippen LogP contribution in [0.4, 0.5) is 5.69 Å². The summed E-state index contributed by atoms with van der Waals surface area (Å²) in [6.07, 6.45) is 6.04. The molecule has 8 nitrogen and oxygen atoms in total. The molecule has 0 radical (unpaired) electrons. The third-order valence-corrected chi connectivity index (χ3v) is 8.78. The van der Waals surface area contributed by atoms with Crippen molar-refractivity contribution in [2.45, 2.75) is 50.4 Å². The fourth-order valence-corrected chi connectivity index (χ4v) is 6.05. The zero-order chi connectivity index (χ0) is 29.1. The number of nitrogens with zero attached hydrogens (tertiary/aromatic N) is 3. The van der Waals surface area contributed by atoms with Crippen LogP contribution < -0.4 is 19.7 Å². The second-order valence-corrected chi connectivity index (χ2v) is 12.2. The Kier molecular flexibility index (Phi) is 9.05. The highest BCUT2D eigenvalue weighted by Gasteiger charge is 2.33. The predicted octanol–water partition coefficient (Wildman–Crippen LogP) is 5.86. The lowest BCUT2D eigenvalue weighted by atomic mass is 10.00. The lowest BCUT2D eigenvalue weighted by Gasteiger charge is -2.30. The van der Waals surface area contributed by atoms with Crippen LogP contribution in [0.25, 0.3) is 0 Å². The van der Waals surface area contributed by atoms with Gasteiger partial charge in [-0.2, -0.15) is 0 Å². The number of hydrogen-bond acceptors (Lipinski definition) is 7. The van der Waals surface area contributed by atoms with Crippen LogP contribution in [0.3, 0.4) is 0 Å². The fraction of sp³-hybridized carbons (Fsp3) is 0.438. The minimum atomic E-state index is -0.901. The first-order valence-electron chi connectivity index (χ1n) is 14.7. The monoisotopic (exact) mass is 610 g/mol. The first-order valence-corrected chi connectivity index (χ1v) is 15.5. The van der Waals surface area contributed by atoms with E-state index in [1.54, 1.807) is 24.4 Å². The first-order chi connectivity index (χ1) is 20.4. The number of carbonyl (C=O) groups excluding carboxylic acids is 1. The van der Waals surface area contributed by atoms with Gasteiger partial charge in [0.15, 0.2) is 0 Å². The topological polar surface area (TPSA) is 87.2 Å². The number of aromatic nitrogens is 1. The molecule has 3 aromatic rings. The molecule has 3 unspecified atom stereocenters. The molecule has 222 valence electrons. The number of benzene rings is 2. The third kappa shape index (κ3) is 7.11. The van der Waals surface area contributed by atoms with Crippen molar-refractivity contribution in [3.05, 3.63) is 76.4 Å². The lowest BCUT2D eigenvalue weighted by Crippen LogP contribution is -2.48. The maximum Gasteiger partial charge on any atom is 0.225 e. The zero-order valence-corrected chi connectivity index (χ0v) is 24.9. The summed E-state index contributed by atoms with van der Waals surface area (Å²) in [5.41, 5.74) is 1.60. The molecule has 1 amide bonds. The van der Waals surface area contributed by atoms with E-state index in [1.807, 2.05) is 36.4 Å². The van der Waals surface area contributed by atoms with Crippen molar-refractivity contribution in [3.63, 3.8) is 0 Å². The van der Waals surface area contributed by atoms with Gasteiger partial charge >= 0.3 is 0 Å². The van der Waals surface area contributed by atoms with Crippen molar-refractivity contribution < 1.29 is 19.4 Å². The van der Waals surface area contributed by atoms with Crippen LogP contribution in [-0.4, -0.2) is 65.8 Å². The van der Waals surface area contributed by atoms with E-state index in [9.17, 15) is 9.90 Å². The number of amides is 1. The summed E-state index contributed by atoms with van der Waals surface area (Å²) < 4.78 is 11.8. The number of aliphatic hydroxyl groups excluding tert-OH is 1. The number of halogens is 2. The van der Waals surface area contributed by atoms with E-state index >= 15 is 0 Å². The molecule has 1 aromatic heterocycles. The standard InChI is InChI=1S/C32H36Cl2N4O4/c33-25-10-7-23(18-29(25)42-30-5-1-2-13-35-30)38-16-12-22(19-38)32(40)36-27(20-37-14-3-4-15-37)31(39)21-6-11-28(26(34)17-21)41-24-8-9-24/h1-2,5-7,10-11,13,17-18,22,24,27,31,39H,3-4,8-9,12,14-16,19-20H2,(H,36,40). The van der Waals surface area contributed by atoms with Crippen molar-refractivity contribution >= 4 is 34.8 Å². The van der Waals surface area contributed by atoms with Gasteiger partial charge in [0.2, 0.25) is 11.8 Å². The molecule has 0 bridgehead atoms. The molecule has 10 heteroatoms. The quantitative estimate of drug-likeness (QED) is 0.281. The number of rotatable bonds is 11. The van der Waals surface area contributed by atoms with Gasteiger partial charge in [-0.1, -0.05) is 35.3 Å². The van der Waals surface area contributed by atoms with Gasteiger partial charge in [0.05, 0.1) is 28.1 Å². The van der Waals surface area contributed by atoms with Gasteiger partial charge in [-0.15, -0.1) is 0 Å². The molecule has 3 aliphatic rings. The lowest BCUT2D eigenvalue weighted by molar-refractivity contribution is -0.126. The Labute approximate surface area is 256 Å². The summed E-state index contributed by atoms with van der Waals surface area (Å²) in [7, 11) is 0. The van der Waals surface area contributed by atoms with Crippen LogP contribution in [0, 0.1) is 5.92 Å². The molecule has 2 aliphatic heterocycles. The molecule has 3 atom stereocenters. The number of hydrogen-bond donors (Lipinski definition) is 2. The second kappa shape index (κ2) is 13.1. The molecule has 6 rings (SSSR count). The number of aliphatic hydroxyl groups is 1. The third-order valence-electron chi connectivity index (χ3n) is 8.17. The van der Waals surface area contributed by atoms with Crippen molar-refractivity contribution in [3.8, 4) is 17.4 Å². The van der Waals surface area contributed by atoms with Crippen molar-refractivity contribution in [1.29, 1.82) is 0 Å². The summed E-state index contributed by atoms with van der Waals surface area (Å²) in [5.74, 6) is 1.34. The number of likely N-dealkylation sites (tertiary alicyclic amines) is 1. The SMILES string of the molecule is O=C(NC(CN1CCCC1)C(O)c1ccc(OC2CC2)c(Cl)c1)C1CCN(c2ccc(Cl)c(Oc3ccccn3)c2)C1. The van der Waals surface area contributed by atoms with Gasteiger partial charge in [0.25, 0.3) is 0 Å². The van der Waals surface area contributed by atoms with Crippen LogP contribution >= 0.6 is 23.2 Å². The normalized spacial score (nSPS) is 20.4. The minimum absolute atomic E-state index is 0.0561. The van der Waals surface area contributed by atoms with E-state index < -0.39 is 12.1 Å². The van der Waals surface area contributed by atoms with Crippen molar-refractivity contribution in [2.75, 3.05) is 37.6 Å². The minimum Gasteiger partial charge on any atom is -0.489 e. The molecule has 2 N–H and O–H groups in total. The van der Waals surface area contributed by atoms with Crippen LogP contribution in [-0.2, 0) is 4.79 Å². The van der Waals surface area contributed by atoms with Gasteiger partial charge in [0, 0.05) is 43.7 Å². The molecule has 42 heavy (non-hydrogen) atoms. The number of pyridine rings is 1. The number of nitrogens with one attached hydrogen (secondary N) is 1. The van der Waals surface area contributed by atoms with Gasteiger partial charge in [-0.25, -0.2) is 4.98 Å². The van der Waals surface area contributed by atoms with Crippen molar-refractivity contribution in [1.82, 2.24) is 15.2 Å². The van der Waals surface area contributed by atoms with E-state index in [4.69, 9.17) is 32.7 Å². The molecular weight excluding hydrogens is 575 g/mol. The van der Waals surface area contributed by atoms with Crippen LogP contribution in [0.5, 0.6) is 17.4 Å². The molecule has 1 aliphatic carbocycles. The first kappa shape index (κ1) is 29.1. The number of carbonyl (C=O) groups is 1.